The van der Waals surface area contributed by atoms with Gasteiger partial charge in [-0.05, 0) is 27.9 Å². The number of ether oxygens (including phenoxy) is 1. The fourth-order valence-corrected chi connectivity index (χ4v) is 3.79. The molecule has 0 unspecified atom stereocenters. The van der Waals surface area contributed by atoms with E-state index in [1.165, 1.54) is 18.4 Å². The van der Waals surface area contributed by atoms with Gasteiger partial charge >= 0.3 is 5.97 Å². The van der Waals surface area contributed by atoms with Gasteiger partial charge in [-0.25, -0.2) is 9.78 Å². The van der Waals surface area contributed by atoms with Crippen LogP contribution in [0.15, 0.2) is 22.1 Å². The fraction of sp³-hybridized carbons (Fsp3) is 0.250. The van der Waals surface area contributed by atoms with E-state index in [-0.39, 0.29) is 17.5 Å². The topological polar surface area (TPSA) is 113 Å². The Balaban J connectivity index is 1.75. The number of methoxy groups -OCH3 is 1. The molecule has 10 heteroatoms. The minimum absolute atomic E-state index is 0.211. The van der Waals surface area contributed by atoms with E-state index >= 15 is 0 Å². The lowest BCUT2D eigenvalue weighted by atomic mass is 10.1. The van der Waals surface area contributed by atoms with Crippen molar-refractivity contribution in [3.8, 4) is 11.3 Å². The van der Waals surface area contributed by atoms with Crippen molar-refractivity contribution < 1.29 is 14.3 Å². The number of thiazole rings is 1. The lowest BCUT2D eigenvalue weighted by Crippen LogP contribution is -2.12. The van der Waals surface area contributed by atoms with Crippen molar-refractivity contribution in [3.63, 3.8) is 0 Å². The molecule has 3 aromatic heterocycles. The quantitative estimate of drug-likeness (QED) is 0.525. The van der Waals surface area contributed by atoms with Crippen molar-refractivity contribution in [2.45, 2.75) is 19.8 Å². The van der Waals surface area contributed by atoms with E-state index in [0.29, 0.717) is 21.0 Å². The van der Waals surface area contributed by atoms with Gasteiger partial charge in [0.1, 0.15) is 5.69 Å². The average molecular weight is 438 g/mol. The van der Waals surface area contributed by atoms with Gasteiger partial charge in [-0.1, -0.05) is 13.8 Å². The number of halogens is 1. The van der Waals surface area contributed by atoms with Gasteiger partial charge in [-0.15, -0.1) is 11.3 Å². The summed E-state index contributed by atoms with van der Waals surface area (Å²) in [5.74, 6) is -0.600. The first-order valence-electron chi connectivity index (χ1n) is 7.68. The standard InChI is InChI=1S/C16H16BrN5O3S/c1-7(2)12-11(17)13(22-21-12)14(23)20-16-19-10(6-26-16)8-4-9(18-5-8)15(24)25-3/h4-7,18H,1-3H3,(H,21,22)(H,19,20,23). The SMILES string of the molecule is COC(=O)c1cc(-c2csc(NC(=O)c3n[nH]c(C(C)C)c3Br)n2)c[nH]1. The number of carbonyl (C=O) groups is 2. The maximum absolute atomic E-state index is 12.4. The van der Waals surface area contributed by atoms with Crippen LogP contribution in [0, 0.1) is 0 Å². The second kappa shape index (κ2) is 7.42. The van der Waals surface area contributed by atoms with Crippen molar-refractivity contribution in [2.75, 3.05) is 12.4 Å². The first-order valence-corrected chi connectivity index (χ1v) is 9.35. The third-order valence-electron chi connectivity index (χ3n) is 3.63. The molecular formula is C16H16BrN5O3S. The zero-order valence-electron chi connectivity index (χ0n) is 14.2. The molecule has 3 heterocycles. The number of aromatic amines is 2. The molecule has 26 heavy (non-hydrogen) atoms. The molecule has 0 saturated carbocycles. The van der Waals surface area contributed by atoms with Crippen LogP contribution in [0.3, 0.4) is 0 Å². The molecule has 3 N–H and O–H groups in total. The van der Waals surface area contributed by atoms with Gasteiger partial charge in [0, 0.05) is 17.1 Å². The molecule has 0 aliphatic heterocycles. The Hall–Kier alpha value is -2.46. The van der Waals surface area contributed by atoms with Crippen LogP contribution in [-0.4, -0.2) is 39.2 Å². The number of nitrogens with zero attached hydrogens (tertiary/aromatic N) is 2. The Morgan fingerprint density at radius 2 is 2.15 bits per heavy atom. The Kier molecular flexibility index (Phi) is 5.23. The maximum Gasteiger partial charge on any atom is 0.354 e. The molecule has 0 saturated heterocycles. The molecule has 3 aromatic rings. The van der Waals surface area contributed by atoms with Gasteiger partial charge in [0.2, 0.25) is 0 Å². The Morgan fingerprint density at radius 1 is 1.38 bits per heavy atom. The van der Waals surface area contributed by atoms with E-state index in [1.54, 1.807) is 17.6 Å². The minimum atomic E-state index is -0.454. The number of H-pyrrole nitrogens is 2. The molecule has 3 rings (SSSR count). The van der Waals surface area contributed by atoms with E-state index in [1.807, 2.05) is 13.8 Å². The van der Waals surface area contributed by atoms with E-state index in [4.69, 9.17) is 0 Å². The summed E-state index contributed by atoms with van der Waals surface area (Å²) >= 11 is 4.69. The highest BCUT2D eigenvalue weighted by atomic mass is 79.9. The van der Waals surface area contributed by atoms with Crippen LogP contribution in [0.2, 0.25) is 0 Å². The van der Waals surface area contributed by atoms with Gasteiger partial charge in [0.05, 0.1) is 23.0 Å². The lowest BCUT2D eigenvalue weighted by molar-refractivity contribution is 0.0594. The van der Waals surface area contributed by atoms with Gasteiger partial charge in [-0.2, -0.15) is 5.10 Å². The lowest BCUT2D eigenvalue weighted by Gasteiger charge is -2.01. The summed E-state index contributed by atoms with van der Waals surface area (Å²) in [5.41, 5.74) is 2.84. The zero-order valence-corrected chi connectivity index (χ0v) is 16.6. The number of hydrogen-bond donors (Lipinski definition) is 3. The van der Waals surface area contributed by atoms with Gasteiger partial charge in [-0.3, -0.25) is 15.2 Å². The highest BCUT2D eigenvalue weighted by Crippen LogP contribution is 2.28. The summed E-state index contributed by atoms with van der Waals surface area (Å²) in [6, 6.07) is 1.64. The van der Waals surface area contributed by atoms with Crippen LogP contribution in [0.25, 0.3) is 11.3 Å². The molecule has 0 aliphatic carbocycles. The van der Waals surface area contributed by atoms with Crippen LogP contribution in [0.4, 0.5) is 5.13 Å². The molecule has 136 valence electrons. The summed E-state index contributed by atoms with van der Waals surface area (Å²) in [6.07, 6.45) is 1.66. The molecule has 0 aliphatic rings. The van der Waals surface area contributed by atoms with Crippen LogP contribution < -0.4 is 5.32 Å². The van der Waals surface area contributed by atoms with E-state index in [9.17, 15) is 9.59 Å². The number of anilines is 1. The van der Waals surface area contributed by atoms with Crippen molar-refractivity contribution >= 4 is 44.3 Å². The van der Waals surface area contributed by atoms with Gasteiger partial charge < -0.3 is 9.72 Å². The predicted molar refractivity (Wildman–Crippen MR) is 102 cm³/mol. The van der Waals surface area contributed by atoms with Gasteiger partial charge in [0.15, 0.2) is 10.8 Å². The molecule has 0 spiro atoms. The normalized spacial score (nSPS) is 11.0. The maximum atomic E-state index is 12.4. The highest BCUT2D eigenvalue weighted by Gasteiger charge is 2.20. The average Bonchev–Trinajstić information content (AvgIpc) is 3.32. The molecule has 0 atom stereocenters. The number of nitrogens with one attached hydrogen (secondary N) is 3. The van der Waals surface area contributed by atoms with Gasteiger partial charge in [0.25, 0.3) is 5.91 Å². The van der Waals surface area contributed by atoms with Crippen molar-refractivity contribution in [1.82, 2.24) is 20.2 Å². The minimum Gasteiger partial charge on any atom is -0.464 e. The smallest absolute Gasteiger partial charge is 0.354 e. The Morgan fingerprint density at radius 3 is 2.81 bits per heavy atom. The number of hydrogen-bond acceptors (Lipinski definition) is 6. The number of amides is 1. The summed E-state index contributed by atoms with van der Waals surface area (Å²) < 4.78 is 5.31. The van der Waals surface area contributed by atoms with Crippen LogP contribution >= 0.6 is 27.3 Å². The fourth-order valence-electron chi connectivity index (χ4n) is 2.26. The second-order valence-corrected chi connectivity index (χ2v) is 7.39. The number of rotatable bonds is 5. The van der Waals surface area contributed by atoms with Crippen LogP contribution in [0.5, 0.6) is 0 Å². The van der Waals surface area contributed by atoms with Crippen molar-refractivity contribution in [2.24, 2.45) is 0 Å². The summed E-state index contributed by atoms with van der Waals surface area (Å²) in [7, 11) is 1.32. The van der Waals surface area contributed by atoms with E-state index in [2.05, 4.69) is 46.1 Å². The number of aromatic nitrogens is 4. The molecular weight excluding hydrogens is 422 g/mol. The first-order chi connectivity index (χ1) is 12.4. The molecule has 0 radical (unpaired) electrons. The molecule has 1 amide bonds. The van der Waals surface area contributed by atoms with Crippen molar-refractivity contribution in [1.29, 1.82) is 0 Å². The highest BCUT2D eigenvalue weighted by molar-refractivity contribution is 9.10. The first kappa shape index (κ1) is 18.3. The van der Waals surface area contributed by atoms with E-state index < -0.39 is 5.97 Å². The third-order valence-corrected chi connectivity index (χ3v) is 5.19. The summed E-state index contributed by atoms with van der Waals surface area (Å²) in [6.45, 7) is 4.01. The van der Waals surface area contributed by atoms with E-state index in [0.717, 1.165) is 11.3 Å². The molecule has 0 aromatic carbocycles. The monoisotopic (exact) mass is 437 g/mol. The number of carbonyl (C=O) groups excluding carboxylic acids is 2. The van der Waals surface area contributed by atoms with Crippen molar-refractivity contribution in [3.05, 3.63) is 39.2 Å². The summed E-state index contributed by atoms with van der Waals surface area (Å²) in [4.78, 5) is 31.1. The Labute approximate surface area is 161 Å². The zero-order chi connectivity index (χ0) is 18.8. The number of esters is 1. The predicted octanol–water partition coefficient (Wildman–Crippen LogP) is 3.79. The summed E-state index contributed by atoms with van der Waals surface area (Å²) in [5, 5.41) is 11.9. The molecule has 0 fully saturated rings. The molecule has 0 bridgehead atoms. The second-order valence-electron chi connectivity index (χ2n) is 5.74. The molecule has 8 nitrogen and oxygen atoms in total. The Bertz CT molecular complexity index is 959. The van der Waals surface area contributed by atoms with Crippen LogP contribution in [-0.2, 0) is 4.74 Å². The third kappa shape index (κ3) is 3.56. The van der Waals surface area contributed by atoms with Crippen LogP contribution in [0.1, 0.15) is 46.4 Å². The largest absolute Gasteiger partial charge is 0.464 e.